The fourth-order valence-corrected chi connectivity index (χ4v) is 3.40. The molecular weight excluding hydrogens is 264 g/mol. The number of hydrogen-bond donors (Lipinski definition) is 1. The molecule has 1 aliphatic rings. The summed E-state index contributed by atoms with van der Waals surface area (Å²) in [5, 5.41) is 8.75. The minimum absolute atomic E-state index is 0.00571. The lowest BCUT2D eigenvalue weighted by atomic mass is 10.0. The van der Waals surface area contributed by atoms with Crippen LogP contribution in [-0.2, 0) is 9.59 Å². The summed E-state index contributed by atoms with van der Waals surface area (Å²) in [5.41, 5.74) is 0.830. The van der Waals surface area contributed by atoms with Gasteiger partial charge < -0.3 is 10.0 Å². The lowest BCUT2D eigenvalue weighted by Crippen LogP contribution is -2.48. The zero-order valence-electron chi connectivity index (χ0n) is 10.7. The van der Waals surface area contributed by atoms with Crippen molar-refractivity contribution in [3.63, 3.8) is 0 Å². The minimum atomic E-state index is -0.875. The van der Waals surface area contributed by atoms with Crippen molar-refractivity contribution in [1.82, 2.24) is 9.88 Å². The van der Waals surface area contributed by atoms with Crippen molar-refractivity contribution in [3.05, 3.63) is 30.1 Å². The van der Waals surface area contributed by atoms with Gasteiger partial charge in [0.25, 0.3) is 0 Å². The average molecular weight is 280 g/mol. The van der Waals surface area contributed by atoms with E-state index in [1.54, 1.807) is 29.4 Å². The highest BCUT2D eigenvalue weighted by Gasteiger charge is 2.40. The fraction of sp³-hybridized carbons (Fsp3) is 0.462. The number of amides is 1. The molecular formula is C13H16N2O3S. The third kappa shape index (κ3) is 2.89. The molecule has 5 nitrogen and oxygen atoms in total. The highest BCUT2D eigenvalue weighted by molar-refractivity contribution is 8.01. The van der Waals surface area contributed by atoms with Crippen molar-refractivity contribution in [2.24, 2.45) is 0 Å². The molecule has 1 aromatic rings. The van der Waals surface area contributed by atoms with Crippen molar-refractivity contribution in [2.75, 3.05) is 12.3 Å². The van der Waals surface area contributed by atoms with Gasteiger partial charge in [0.15, 0.2) is 0 Å². The molecule has 1 amide bonds. The molecule has 102 valence electrons. The van der Waals surface area contributed by atoms with Gasteiger partial charge in [-0.3, -0.25) is 14.6 Å². The van der Waals surface area contributed by atoms with Crippen LogP contribution >= 0.6 is 11.8 Å². The summed E-state index contributed by atoms with van der Waals surface area (Å²) in [7, 11) is 0. The Balaban J connectivity index is 2.38. The number of carbonyl (C=O) groups is 2. The van der Waals surface area contributed by atoms with E-state index in [1.165, 1.54) is 11.8 Å². The summed E-state index contributed by atoms with van der Waals surface area (Å²) in [5.74, 6) is -0.634. The number of rotatable bonds is 4. The third-order valence-electron chi connectivity index (χ3n) is 3.08. The molecule has 0 radical (unpaired) electrons. The number of pyridine rings is 1. The molecule has 0 spiro atoms. The Morgan fingerprint density at radius 3 is 2.79 bits per heavy atom. The largest absolute Gasteiger partial charge is 0.480 e. The van der Waals surface area contributed by atoms with Gasteiger partial charge in [0.05, 0.1) is 11.8 Å². The normalized spacial score (nSPS) is 23.4. The van der Waals surface area contributed by atoms with Crippen molar-refractivity contribution in [3.8, 4) is 0 Å². The zero-order chi connectivity index (χ0) is 13.8. The molecule has 0 bridgehead atoms. The molecule has 2 unspecified atom stereocenters. The summed E-state index contributed by atoms with van der Waals surface area (Å²) in [4.78, 5) is 29.1. The summed E-state index contributed by atoms with van der Waals surface area (Å²) in [6.45, 7) is 2.56. The Hall–Kier alpha value is -1.56. The molecule has 6 heteroatoms. The number of nitrogens with zero attached hydrogens (tertiary/aromatic N) is 2. The van der Waals surface area contributed by atoms with Crippen LogP contribution in [0.25, 0.3) is 0 Å². The zero-order valence-corrected chi connectivity index (χ0v) is 11.5. The number of thioether (sulfide) groups is 1. The predicted molar refractivity (Wildman–Crippen MR) is 72.9 cm³/mol. The predicted octanol–water partition coefficient (Wildman–Crippen LogP) is 1.56. The van der Waals surface area contributed by atoms with E-state index in [0.29, 0.717) is 6.54 Å². The van der Waals surface area contributed by atoms with E-state index < -0.39 is 17.3 Å². The highest BCUT2D eigenvalue weighted by atomic mass is 32.2. The molecule has 1 N–H and O–H groups in total. The van der Waals surface area contributed by atoms with Crippen LogP contribution in [0, 0.1) is 0 Å². The molecule has 2 atom stereocenters. The van der Waals surface area contributed by atoms with E-state index in [2.05, 4.69) is 4.98 Å². The van der Waals surface area contributed by atoms with Crippen molar-refractivity contribution in [2.45, 2.75) is 24.6 Å². The second-order valence-corrected chi connectivity index (χ2v) is 5.51. The first-order chi connectivity index (χ1) is 9.15. The molecule has 0 aliphatic carbocycles. The maximum Gasteiger partial charge on any atom is 0.319 e. The molecule has 2 rings (SSSR count). The first kappa shape index (κ1) is 13.9. The maximum absolute atomic E-state index is 12.0. The summed E-state index contributed by atoms with van der Waals surface area (Å²) < 4.78 is 0. The summed E-state index contributed by atoms with van der Waals surface area (Å²) in [6.07, 6.45) is 4.06. The SMILES string of the molecule is CCCN1C(=O)CSC(C(=O)O)C1c1ccncc1. The fourth-order valence-electron chi connectivity index (χ4n) is 2.28. The minimum Gasteiger partial charge on any atom is -0.480 e. The van der Waals surface area contributed by atoms with E-state index in [0.717, 1.165) is 12.0 Å². The number of carbonyl (C=O) groups excluding carboxylic acids is 1. The van der Waals surface area contributed by atoms with Gasteiger partial charge in [0.1, 0.15) is 5.25 Å². The van der Waals surface area contributed by atoms with Gasteiger partial charge in [-0.25, -0.2) is 0 Å². The highest BCUT2D eigenvalue weighted by Crippen LogP contribution is 2.36. The maximum atomic E-state index is 12.0. The Morgan fingerprint density at radius 1 is 1.53 bits per heavy atom. The van der Waals surface area contributed by atoms with E-state index in [-0.39, 0.29) is 11.7 Å². The number of aliphatic carboxylic acids is 1. The molecule has 1 fully saturated rings. The van der Waals surface area contributed by atoms with Crippen LogP contribution in [0.2, 0.25) is 0 Å². The number of hydrogen-bond acceptors (Lipinski definition) is 4. The Kier molecular flexibility index (Phi) is 4.42. The Labute approximate surface area is 116 Å². The number of carboxylic acids is 1. The molecule has 1 saturated heterocycles. The lowest BCUT2D eigenvalue weighted by molar-refractivity contribution is -0.140. The van der Waals surface area contributed by atoms with Crippen LogP contribution in [0.1, 0.15) is 24.9 Å². The van der Waals surface area contributed by atoms with Gasteiger partial charge >= 0.3 is 5.97 Å². The van der Waals surface area contributed by atoms with Gasteiger partial charge in [0, 0.05) is 18.9 Å². The van der Waals surface area contributed by atoms with Gasteiger partial charge in [-0.15, -0.1) is 11.8 Å². The quantitative estimate of drug-likeness (QED) is 0.906. The van der Waals surface area contributed by atoms with E-state index in [4.69, 9.17) is 0 Å². The second kappa shape index (κ2) is 6.06. The lowest BCUT2D eigenvalue weighted by Gasteiger charge is -2.39. The van der Waals surface area contributed by atoms with Crippen LogP contribution in [0.5, 0.6) is 0 Å². The molecule has 2 heterocycles. The standard InChI is InChI=1S/C13H16N2O3S/c1-2-7-15-10(16)8-19-12(13(17)18)11(15)9-3-5-14-6-4-9/h3-6,11-12H,2,7-8H2,1H3,(H,17,18). The van der Waals surface area contributed by atoms with Crippen LogP contribution < -0.4 is 0 Å². The van der Waals surface area contributed by atoms with Gasteiger partial charge in [-0.1, -0.05) is 6.92 Å². The van der Waals surface area contributed by atoms with Gasteiger partial charge in [0.2, 0.25) is 5.91 Å². The first-order valence-electron chi connectivity index (χ1n) is 6.19. The first-order valence-corrected chi connectivity index (χ1v) is 7.23. The van der Waals surface area contributed by atoms with Crippen LogP contribution in [0.3, 0.4) is 0 Å². The van der Waals surface area contributed by atoms with Crippen molar-refractivity contribution in [1.29, 1.82) is 0 Å². The molecule has 0 aromatic carbocycles. The van der Waals surface area contributed by atoms with Gasteiger partial charge in [-0.2, -0.15) is 0 Å². The number of carboxylic acid groups (broad SMARTS) is 1. The van der Waals surface area contributed by atoms with Crippen LogP contribution in [-0.4, -0.2) is 44.4 Å². The van der Waals surface area contributed by atoms with Crippen molar-refractivity contribution >= 4 is 23.6 Å². The number of aromatic nitrogens is 1. The second-order valence-electron chi connectivity index (χ2n) is 4.38. The Morgan fingerprint density at radius 2 is 2.21 bits per heavy atom. The topological polar surface area (TPSA) is 70.5 Å². The third-order valence-corrected chi connectivity index (χ3v) is 4.32. The molecule has 19 heavy (non-hydrogen) atoms. The smallest absolute Gasteiger partial charge is 0.319 e. The van der Waals surface area contributed by atoms with Crippen LogP contribution in [0.15, 0.2) is 24.5 Å². The summed E-state index contributed by atoms with van der Waals surface area (Å²) >= 11 is 1.20. The van der Waals surface area contributed by atoms with E-state index in [1.807, 2.05) is 6.92 Å². The Bertz CT molecular complexity index is 466. The van der Waals surface area contributed by atoms with Crippen LogP contribution in [0.4, 0.5) is 0 Å². The van der Waals surface area contributed by atoms with Gasteiger partial charge in [-0.05, 0) is 24.1 Å². The monoisotopic (exact) mass is 280 g/mol. The molecule has 1 aliphatic heterocycles. The molecule has 0 saturated carbocycles. The summed E-state index contributed by atoms with van der Waals surface area (Å²) in [6, 6.07) is 3.15. The van der Waals surface area contributed by atoms with E-state index >= 15 is 0 Å². The van der Waals surface area contributed by atoms with E-state index in [9.17, 15) is 14.7 Å². The molecule has 1 aromatic heterocycles. The average Bonchev–Trinajstić information content (AvgIpc) is 2.41. The van der Waals surface area contributed by atoms with Crippen molar-refractivity contribution < 1.29 is 14.7 Å².